The first kappa shape index (κ1) is 11.9. The predicted octanol–water partition coefficient (Wildman–Crippen LogP) is 2.65. The van der Waals surface area contributed by atoms with Crippen molar-refractivity contribution in [3.63, 3.8) is 0 Å². The Labute approximate surface area is 97.8 Å². The molecule has 0 aromatic heterocycles. The molecule has 92 valence electrons. The average molecular weight is 225 g/mol. The Morgan fingerprint density at radius 3 is 2.44 bits per heavy atom. The van der Waals surface area contributed by atoms with Gasteiger partial charge in [-0.3, -0.25) is 9.69 Å². The SMILES string of the molecule is O=C(O)CC1CCCCN1C1CCCCC1. The van der Waals surface area contributed by atoms with Gasteiger partial charge < -0.3 is 5.11 Å². The Hall–Kier alpha value is -0.570. The summed E-state index contributed by atoms with van der Waals surface area (Å²) in [5, 5.41) is 8.96. The van der Waals surface area contributed by atoms with E-state index in [0.717, 1.165) is 13.0 Å². The molecular formula is C13H23NO2. The van der Waals surface area contributed by atoms with E-state index in [1.807, 2.05) is 0 Å². The molecule has 1 aliphatic carbocycles. The van der Waals surface area contributed by atoms with E-state index in [2.05, 4.69) is 4.90 Å². The summed E-state index contributed by atoms with van der Waals surface area (Å²) in [5.74, 6) is -0.632. The minimum absolute atomic E-state index is 0.314. The first-order valence-corrected chi connectivity index (χ1v) is 6.75. The molecule has 1 saturated carbocycles. The van der Waals surface area contributed by atoms with Gasteiger partial charge in [0, 0.05) is 12.1 Å². The fourth-order valence-corrected chi connectivity index (χ4v) is 3.34. The van der Waals surface area contributed by atoms with Crippen LogP contribution in [0.15, 0.2) is 0 Å². The molecule has 0 spiro atoms. The molecule has 1 unspecified atom stereocenters. The Balaban J connectivity index is 1.94. The second-order valence-electron chi connectivity index (χ2n) is 5.28. The molecule has 2 fully saturated rings. The number of rotatable bonds is 3. The molecule has 1 atom stereocenters. The van der Waals surface area contributed by atoms with E-state index in [9.17, 15) is 4.79 Å². The fraction of sp³-hybridized carbons (Fsp3) is 0.923. The average Bonchev–Trinajstić information content (AvgIpc) is 2.30. The van der Waals surface area contributed by atoms with Crippen LogP contribution in [0.2, 0.25) is 0 Å². The van der Waals surface area contributed by atoms with Gasteiger partial charge in [-0.2, -0.15) is 0 Å². The largest absolute Gasteiger partial charge is 0.481 e. The standard InChI is InChI=1S/C13H23NO2/c15-13(16)10-12-8-4-5-9-14(12)11-6-2-1-3-7-11/h11-12H,1-10H2,(H,15,16). The molecule has 2 rings (SSSR count). The summed E-state index contributed by atoms with van der Waals surface area (Å²) in [6.07, 6.45) is 10.5. The van der Waals surface area contributed by atoms with Crippen molar-refractivity contribution in [1.82, 2.24) is 4.90 Å². The first-order valence-electron chi connectivity index (χ1n) is 6.75. The smallest absolute Gasteiger partial charge is 0.304 e. The van der Waals surface area contributed by atoms with Crippen molar-refractivity contribution in [2.24, 2.45) is 0 Å². The monoisotopic (exact) mass is 225 g/mol. The van der Waals surface area contributed by atoms with Gasteiger partial charge in [-0.15, -0.1) is 0 Å². The van der Waals surface area contributed by atoms with Crippen molar-refractivity contribution in [3.05, 3.63) is 0 Å². The number of likely N-dealkylation sites (tertiary alicyclic amines) is 1. The van der Waals surface area contributed by atoms with Crippen LogP contribution in [-0.2, 0) is 4.79 Å². The van der Waals surface area contributed by atoms with Crippen molar-refractivity contribution < 1.29 is 9.90 Å². The van der Waals surface area contributed by atoms with Crippen molar-refractivity contribution in [2.75, 3.05) is 6.54 Å². The van der Waals surface area contributed by atoms with Crippen molar-refractivity contribution in [2.45, 2.75) is 69.9 Å². The predicted molar refractivity (Wildman–Crippen MR) is 63.5 cm³/mol. The molecule has 1 saturated heterocycles. The summed E-state index contributed by atoms with van der Waals surface area (Å²) in [5.41, 5.74) is 0. The van der Waals surface area contributed by atoms with Gasteiger partial charge in [-0.1, -0.05) is 25.7 Å². The molecule has 0 aromatic rings. The van der Waals surface area contributed by atoms with Crippen molar-refractivity contribution in [1.29, 1.82) is 0 Å². The van der Waals surface area contributed by atoms with Crippen LogP contribution in [0.3, 0.4) is 0 Å². The third-order valence-electron chi connectivity index (χ3n) is 4.13. The zero-order chi connectivity index (χ0) is 11.4. The number of piperidine rings is 1. The van der Waals surface area contributed by atoms with Gasteiger partial charge >= 0.3 is 5.97 Å². The van der Waals surface area contributed by atoms with E-state index in [4.69, 9.17) is 5.11 Å². The molecule has 1 aliphatic heterocycles. The number of carbonyl (C=O) groups is 1. The number of nitrogens with zero attached hydrogens (tertiary/aromatic N) is 1. The van der Waals surface area contributed by atoms with Gasteiger partial charge in [0.15, 0.2) is 0 Å². The Morgan fingerprint density at radius 1 is 1.06 bits per heavy atom. The molecule has 16 heavy (non-hydrogen) atoms. The summed E-state index contributed by atoms with van der Waals surface area (Å²) >= 11 is 0. The summed E-state index contributed by atoms with van der Waals surface area (Å²) in [6.45, 7) is 1.13. The maximum atomic E-state index is 10.9. The van der Waals surface area contributed by atoms with Crippen LogP contribution in [-0.4, -0.2) is 34.6 Å². The number of carboxylic acid groups (broad SMARTS) is 1. The van der Waals surface area contributed by atoms with Gasteiger partial charge in [0.25, 0.3) is 0 Å². The maximum Gasteiger partial charge on any atom is 0.304 e. The van der Waals surface area contributed by atoms with Gasteiger partial charge in [0.05, 0.1) is 6.42 Å². The van der Waals surface area contributed by atoms with Crippen molar-refractivity contribution in [3.8, 4) is 0 Å². The highest BCUT2D eigenvalue weighted by Gasteiger charge is 2.30. The van der Waals surface area contributed by atoms with E-state index in [1.54, 1.807) is 0 Å². The van der Waals surface area contributed by atoms with Crippen LogP contribution >= 0.6 is 0 Å². The van der Waals surface area contributed by atoms with Gasteiger partial charge in [-0.25, -0.2) is 0 Å². The maximum absolute atomic E-state index is 10.9. The number of aliphatic carboxylic acids is 1. The van der Waals surface area contributed by atoms with Crippen LogP contribution < -0.4 is 0 Å². The zero-order valence-electron chi connectivity index (χ0n) is 10.0. The van der Waals surface area contributed by atoms with E-state index in [1.165, 1.54) is 44.9 Å². The second-order valence-corrected chi connectivity index (χ2v) is 5.28. The third kappa shape index (κ3) is 2.97. The van der Waals surface area contributed by atoms with E-state index in [0.29, 0.717) is 18.5 Å². The molecule has 1 N–H and O–H groups in total. The molecule has 1 heterocycles. The van der Waals surface area contributed by atoms with Crippen LogP contribution in [0.25, 0.3) is 0 Å². The first-order chi connectivity index (χ1) is 7.77. The Kier molecular flexibility index (Phi) is 4.22. The normalized spacial score (nSPS) is 29.1. The topological polar surface area (TPSA) is 40.5 Å². The van der Waals surface area contributed by atoms with E-state index >= 15 is 0 Å². The summed E-state index contributed by atoms with van der Waals surface area (Å²) < 4.78 is 0. The lowest BCUT2D eigenvalue weighted by Crippen LogP contribution is -2.47. The lowest BCUT2D eigenvalue weighted by molar-refractivity contribution is -0.139. The van der Waals surface area contributed by atoms with Gasteiger partial charge in [0.1, 0.15) is 0 Å². The minimum Gasteiger partial charge on any atom is -0.481 e. The highest BCUT2D eigenvalue weighted by Crippen LogP contribution is 2.29. The molecule has 3 heteroatoms. The van der Waals surface area contributed by atoms with Crippen LogP contribution in [0.1, 0.15) is 57.8 Å². The Bertz CT molecular complexity index is 236. The highest BCUT2D eigenvalue weighted by atomic mass is 16.4. The quantitative estimate of drug-likeness (QED) is 0.802. The van der Waals surface area contributed by atoms with Crippen LogP contribution in [0.5, 0.6) is 0 Å². The molecule has 3 nitrogen and oxygen atoms in total. The summed E-state index contributed by atoms with van der Waals surface area (Å²) in [4.78, 5) is 13.4. The third-order valence-corrected chi connectivity index (χ3v) is 4.13. The van der Waals surface area contributed by atoms with Crippen molar-refractivity contribution >= 4 is 5.97 Å². The van der Waals surface area contributed by atoms with Gasteiger partial charge in [-0.05, 0) is 32.2 Å². The van der Waals surface area contributed by atoms with Crippen LogP contribution in [0.4, 0.5) is 0 Å². The number of carboxylic acids is 1. The summed E-state index contributed by atoms with van der Waals surface area (Å²) in [6, 6.07) is 0.993. The molecule has 0 amide bonds. The fourth-order valence-electron chi connectivity index (χ4n) is 3.34. The molecule has 0 aromatic carbocycles. The molecular weight excluding hydrogens is 202 g/mol. The highest BCUT2D eigenvalue weighted by molar-refractivity contribution is 5.67. The second kappa shape index (κ2) is 5.67. The lowest BCUT2D eigenvalue weighted by Gasteiger charge is -2.42. The molecule has 2 aliphatic rings. The molecule has 0 bridgehead atoms. The zero-order valence-corrected chi connectivity index (χ0v) is 10.0. The summed E-state index contributed by atoms with van der Waals surface area (Å²) in [7, 11) is 0. The van der Waals surface area contributed by atoms with E-state index in [-0.39, 0.29) is 0 Å². The minimum atomic E-state index is -0.632. The van der Waals surface area contributed by atoms with E-state index < -0.39 is 5.97 Å². The van der Waals surface area contributed by atoms with Crippen LogP contribution in [0, 0.1) is 0 Å². The Morgan fingerprint density at radius 2 is 1.75 bits per heavy atom. The number of hydrogen-bond donors (Lipinski definition) is 1. The lowest BCUT2D eigenvalue weighted by atomic mass is 9.89. The number of hydrogen-bond acceptors (Lipinski definition) is 2. The molecule has 0 radical (unpaired) electrons. The van der Waals surface area contributed by atoms with Gasteiger partial charge in [0.2, 0.25) is 0 Å².